The molecule has 0 aliphatic carbocycles. The van der Waals surface area contributed by atoms with Gasteiger partial charge in [-0.15, -0.1) is 0 Å². The molecule has 2 atom stereocenters. The van der Waals surface area contributed by atoms with Crippen molar-refractivity contribution in [2.45, 2.75) is 50.5 Å². The Morgan fingerprint density at radius 1 is 1.09 bits per heavy atom. The lowest BCUT2D eigenvalue weighted by molar-refractivity contribution is -0.143. The van der Waals surface area contributed by atoms with Crippen LogP contribution in [0.4, 0.5) is 5.82 Å². The van der Waals surface area contributed by atoms with Gasteiger partial charge in [-0.3, -0.25) is 4.79 Å². The van der Waals surface area contributed by atoms with E-state index in [1.54, 1.807) is 0 Å². The summed E-state index contributed by atoms with van der Waals surface area (Å²) in [5.41, 5.74) is 1.80. The van der Waals surface area contributed by atoms with E-state index in [-0.39, 0.29) is 11.9 Å². The minimum absolute atomic E-state index is 0.0960. The highest BCUT2D eigenvalue weighted by atomic mass is 35.5. The number of anilines is 1. The van der Waals surface area contributed by atoms with Crippen molar-refractivity contribution in [3.8, 4) is 0 Å². The maximum atomic E-state index is 14.2. The number of piperidine rings is 1. The second-order valence-corrected chi connectivity index (χ2v) is 10.1. The lowest BCUT2D eigenvalue weighted by atomic mass is 9.80. The summed E-state index contributed by atoms with van der Waals surface area (Å²) in [4.78, 5) is 22.9. The Balaban J connectivity index is 1.61. The van der Waals surface area contributed by atoms with Crippen LogP contribution in [-0.2, 0) is 14.9 Å². The van der Waals surface area contributed by atoms with E-state index in [9.17, 15) is 4.79 Å². The van der Waals surface area contributed by atoms with Gasteiger partial charge in [0.1, 0.15) is 11.0 Å². The number of hydrogen-bond acceptors (Lipinski definition) is 5. The molecule has 3 aromatic rings. The molecule has 0 radical (unpaired) electrons. The van der Waals surface area contributed by atoms with E-state index in [0.29, 0.717) is 30.6 Å². The number of carbonyl (C=O) groups excluding carboxylic acids is 1. The van der Waals surface area contributed by atoms with Gasteiger partial charge in [0.25, 0.3) is 0 Å². The fourth-order valence-electron chi connectivity index (χ4n) is 5.20. The quantitative estimate of drug-likeness (QED) is 0.474. The van der Waals surface area contributed by atoms with Gasteiger partial charge in [0.05, 0.1) is 23.8 Å². The highest BCUT2D eigenvalue weighted by Gasteiger charge is 2.42. The maximum Gasteiger partial charge on any atom is 0.235 e. The first-order chi connectivity index (χ1) is 16.5. The first-order valence-electron chi connectivity index (χ1n) is 12.2. The Bertz CT molecular complexity index is 1170. The molecule has 34 heavy (non-hydrogen) atoms. The monoisotopic (exact) mass is 481 g/mol. The number of halogens is 1. The van der Waals surface area contributed by atoms with Crippen LogP contribution < -0.4 is 4.90 Å². The molecular formula is C26H32ClN5O2. The molecule has 180 valence electrons. The summed E-state index contributed by atoms with van der Waals surface area (Å²) in [6.45, 7) is 4.55. The highest BCUT2D eigenvalue weighted by Crippen LogP contribution is 2.37. The molecule has 1 amide bonds. The molecule has 1 fully saturated rings. The second kappa shape index (κ2) is 9.55. The van der Waals surface area contributed by atoms with Crippen LogP contribution in [0.3, 0.4) is 0 Å². The summed E-state index contributed by atoms with van der Waals surface area (Å²) in [5.74, 6) is 0.999. The van der Waals surface area contributed by atoms with Crippen molar-refractivity contribution in [2.24, 2.45) is 0 Å². The number of ether oxygens (including phenoxy) is 1. The van der Waals surface area contributed by atoms with Crippen LogP contribution in [0.1, 0.15) is 56.3 Å². The van der Waals surface area contributed by atoms with Gasteiger partial charge in [-0.25, -0.2) is 4.98 Å². The second-order valence-electron chi connectivity index (χ2n) is 9.67. The molecule has 8 heteroatoms. The Kier molecular flexibility index (Phi) is 6.49. The van der Waals surface area contributed by atoms with Gasteiger partial charge >= 0.3 is 0 Å². The van der Waals surface area contributed by atoms with Gasteiger partial charge in [-0.1, -0.05) is 41.9 Å². The number of amides is 1. The number of nitrogens with zero attached hydrogens (tertiary/aromatic N) is 5. The molecule has 1 saturated heterocycles. The fraction of sp³-hybridized carbons (Fsp3) is 0.500. The smallest absolute Gasteiger partial charge is 0.235 e. The number of aromatic nitrogens is 3. The zero-order valence-corrected chi connectivity index (χ0v) is 20.7. The van der Waals surface area contributed by atoms with Crippen LogP contribution in [0.15, 0.2) is 42.5 Å². The van der Waals surface area contributed by atoms with Gasteiger partial charge in [-0.05, 0) is 44.6 Å². The van der Waals surface area contributed by atoms with E-state index < -0.39 is 5.41 Å². The number of benzene rings is 1. The van der Waals surface area contributed by atoms with Gasteiger partial charge in [0, 0.05) is 38.9 Å². The van der Waals surface area contributed by atoms with Crippen LogP contribution >= 0.6 is 11.6 Å². The zero-order valence-electron chi connectivity index (χ0n) is 19.9. The van der Waals surface area contributed by atoms with E-state index in [2.05, 4.69) is 9.88 Å². The van der Waals surface area contributed by atoms with E-state index in [0.717, 1.165) is 55.7 Å². The van der Waals surface area contributed by atoms with Crippen molar-refractivity contribution in [2.75, 3.05) is 38.3 Å². The molecule has 0 spiro atoms. The van der Waals surface area contributed by atoms with E-state index in [1.807, 2.05) is 65.9 Å². The van der Waals surface area contributed by atoms with Crippen molar-refractivity contribution in [1.29, 1.82) is 0 Å². The van der Waals surface area contributed by atoms with Crippen molar-refractivity contribution < 1.29 is 9.53 Å². The number of rotatable bonds is 1. The van der Waals surface area contributed by atoms with Gasteiger partial charge in [0.15, 0.2) is 5.65 Å². The zero-order chi connectivity index (χ0) is 23.7. The standard InChI is InChI=1S/C26H32ClN5O2/c1-26(19-10-4-3-5-11-19)18-34-15-9-8-13-30(2)24-17-22(27)28-23-16-20(29-32(23)24)21-12-6-7-14-31(21)25(26)33/h3-5,10-11,16-17,21H,6-9,12-15,18H2,1-2H3/t21-,26?/m0/s1. The average molecular weight is 482 g/mol. The predicted molar refractivity (Wildman–Crippen MR) is 133 cm³/mol. The molecule has 0 saturated carbocycles. The first kappa shape index (κ1) is 23.1. The van der Waals surface area contributed by atoms with Crippen LogP contribution in [-0.4, -0.2) is 58.8 Å². The molecular weight excluding hydrogens is 450 g/mol. The third-order valence-corrected chi connectivity index (χ3v) is 7.39. The van der Waals surface area contributed by atoms with Gasteiger partial charge < -0.3 is 14.5 Å². The molecule has 0 N–H and O–H groups in total. The van der Waals surface area contributed by atoms with Crippen molar-refractivity contribution >= 4 is 29.0 Å². The van der Waals surface area contributed by atoms with Crippen LogP contribution in [0, 0.1) is 0 Å². The molecule has 1 unspecified atom stereocenters. The molecule has 2 aromatic heterocycles. The average Bonchev–Trinajstić information content (AvgIpc) is 3.28. The van der Waals surface area contributed by atoms with E-state index in [4.69, 9.17) is 21.4 Å². The van der Waals surface area contributed by atoms with Crippen molar-refractivity contribution in [3.63, 3.8) is 0 Å². The Hall–Kier alpha value is -2.64. The Labute approximate surface area is 205 Å². The lowest BCUT2D eigenvalue weighted by Gasteiger charge is -2.41. The Morgan fingerprint density at radius 3 is 2.71 bits per heavy atom. The number of carbonyl (C=O) groups is 1. The van der Waals surface area contributed by atoms with Crippen molar-refractivity contribution in [1.82, 2.24) is 19.5 Å². The van der Waals surface area contributed by atoms with Crippen LogP contribution in [0.25, 0.3) is 5.65 Å². The summed E-state index contributed by atoms with van der Waals surface area (Å²) < 4.78 is 8.02. The minimum Gasteiger partial charge on any atom is -0.380 e. The highest BCUT2D eigenvalue weighted by molar-refractivity contribution is 6.29. The van der Waals surface area contributed by atoms with Crippen molar-refractivity contribution in [3.05, 3.63) is 58.9 Å². The van der Waals surface area contributed by atoms with E-state index in [1.165, 1.54) is 0 Å². The topological polar surface area (TPSA) is 63.0 Å². The largest absolute Gasteiger partial charge is 0.380 e. The number of hydrogen-bond donors (Lipinski definition) is 0. The summed E-state index contributed by atoms with van der Waals surface area (Å²) >= 11 is 6.38. The summed E-state index contributed by atoms with van der Waals surface area (Å²) in [6, 6.07) is 13.8. The van der Waals surface area contributed by atoms with Crippen LogP contribution in [0.5, 0.6) is 0 Å². The molecule has 2 aliphatic rings. The van der Waals surface area contributed by atoms with Gasteiger partial charge in [-0.2, -0.15) is 9.61 Å². The summed E-state index contributed by atoms with van der Waals surface area (Å²) in [5, 5.41) is 5.41. The van der Waals surface area contributed by atoms with Gasteiger partial charge in [0.2, 0.25) is 5.91 Å². The van der Waals surface area contributed by atoms with Crippen LogP contribution in [0.2, 0.25) is 5.15 Å². The normalized spacial score (nSPS) is 24.7. The third-order valence-electron chi connectivity index (χ3n) is 7.20. The first-order valence-corrected chi connectivity index (χ1v) is 12.6. The summed E-state index contributed by atoms with van der Waals surface area (Å²) in [6.07, 6.45) is 4.78. The molecule has 4 heterocycles. The lowest BCUT2D eigenvalue weighted by Crippen LogP contribution is -2.50. The SMILES string of the molecule is CN1CCCCOCC(C)(c2ccccc2)C(=O)N2CCCC[C@H]2c2cc3nc(Cl)cc1n3n2. The van der Waals surface area contributed by atoms with E-state index >= 15 is 0 Å². The fourth-order valence-corrected chi connectivity index (χ4v) is 5.38. The predicted octanol–water partition coefficient (Wildman–Crippen LogP) is 4.64. The molecule has 2 bridgehead atoms. The number of fused-ring (bicyclic) bond motifs is 3. The maximum absolute atomic E-state index is 14.2. The third kappa shape index (κ3) is 4.27. The Morgan fingerprint density at radius 2 is 1.88 bits per heavy atom. The minimum atomic E-state index is -0.764. The summed E-state index contributed by atoms with van der Waals surface area (Å²) in [7, 11) is 2.05. The molecule has 2 aliphatic heterocycles. The molecule has 7 nitrogen and oxygen atoms in total. The molecule has 1 aromatic carbocycles. The molecule has 5 rings (SSSR count).